The first-order valence-corrected chi connectivity index (χ1v) is 8.28. The van der Waals surface area contributed by atoms with Gasteiger partial charge in [0.1, 0.15) is 0 Å². The minimum Gasteiger partial charge on any atom is -0.330 e. The molecule has 0 fully saturated rings. The van der Waals surface area contributed by atoms with Gasteiger partial charge in [0.2, 0.25) is 0 Å². The van der Waals surface area contributed by atoms with Crippen LogP contribution in [0.15, 0.2) is 29.6 Å². The standard InChI is InChI=1S/C17H25NS/c1-3-5-10-17(4-2,13-18)11-14-12-19-16-9-7-6-8-15(14)16/h6-9,12H,3-5,10-11,13,18H2,1-2H3. The Morgan fingerprint density at radius 1 is 1.21 bits per heavy atom. The highest BCUT2D eigenvalue weighted by Crippen LogP contribution is 2.36. The van der Waals surface area contributed by atoms with Gasteiger partial charge in [-0.3, -0.25) is 0 Å². The fraction of sp³-hybridized carbons (Fsp3) is 0.529. The fourth-order valence-corrected chi connectivity index (χ4v) is 3.80. The van der Waals surface area contributed by atoms with Crippen LogP contribution in [0.3, 0.4) is 0 Å². The van der Waals surface area contributed by atoms with E-state index in [-0.39, 0.29) is 0 Å². The van der Waals surface area contributed by atoms with Crippen LogP contribution in [0.1, 0.15) is 45.1 Å². The molecule has 2 aromatic rings. The number of hydrogen-bond acceptors (Lipinski definition) is 2. The Labute approximate surface area is 120 Å². The van der Waals surface area contributed by atoms with Crippen molar-refractivity contribution in [1.29, 1.82) is 0 Å². The number of nitrogens with two attached hydrogens (primary N) is 1. The van der Waals surface area contributed by atoms with E-state index in [0.29, 0.717) is 5.41 Å². The summed E-state index contributed by atoms with van der Waals surface area (Å²) in [5.41, 5.74) is 7.90. The topological polar surface area (TPSA) is 26.0 Å². The van der Waals surface area contributed by atoms with Crippen molar-refractivity contribution in [1.82, 2.24) is 0 Å². The van der Waals surface area contributed by atoms with Gasteiger partial charge in [-0.1, -0.05) is 44.9 Å². The second kappa shape index (κ2) is 6.53. The molecule has 0 saturated carbocycles. The molecule has 2 N–H and O–H groups in total. The molecule has 0 aliphatic carbocycles. The van der Waals surface area contributed by atoms with E-state index >= 15 is 0 Å². The number of rotatable bonds is 7. The number of benzene rings is 1. The van der Waals surface area contributed by atoms with Crippen molar-refractivity contribution in [2.75, 3.05) is 6.54 Å². The summed E-state index contributed by atoms with van der Waals surface area (Å²) in [6, 6.07) is 8.72. The van der Waals surface area contributed by atoms with E-state index in [1.807, 2.05) is 11.3 Å². The average molecular weight is 275 g/mol. The third kappa shape index (κ3) is 3.18. The van der Waals surface area contributed by atoms with Crippen molar-refractivity contribution >= 4 is 21.4 Å². The Balaban J connectivity index is 2.25. The zero-order chi connectivity index (χ0) is 13.7. The van der Waals surface area contributed by atoms with Crippen molar-refractivity contribution in [3.8, 4) is 0 Å². The van der Waals surface area contributed by atoms with Gasteiger partial charge < -0.3 is 5.73 Å². The molecule has 2 heteroatoms. The van der Waals surface area contributed by atoms with Gasteiger partial charge in [-0.25, -0.2) is 0 Å². The molecule has 1 aromatic heterocycles. The van der Waals surface area contributed by atoms with E-state index in [0.717, 1.165) is 13.0 Å². The van der Waals surface area contributed by atoms with Crippen LogP contribution in [0, 0.1) is 5.41 Å². The fourth-order valence-electron chi connectivity index (χ4n) is 2.83. The average Bonchev–Trinajstić information content (AvgIpc) is 2.87. The SMILES string of the molecule is CCCCC(CC)(CN)Cc1csc2ccccc12. The molecule has 1 heterocycles. The van der Waals surface area contributed by atoms with Crippen LogP contribution in [0.5, 0.6) is 0 Å². The first-order valence-electron chi connectivity index (χ1n) is 7.40. The van der Waals surface area contributed by atoms with Gasteiger partial charge in [0.05, 0.1) is 0 Å². The monoisotopic (exact) mass is 275 g/mol. The van der Waals surface area contributed by atoms with Crippen LogP contribution in [0.25, 0.3) is 10.1 Å². The molecule has 1 aromatic carbocycles. The predicted octanol–water partition coefficient (Wildman–Crippen LogP) is 4.99. The van der Waals surface area contributed by atoms with Crippen LogP contribution < -0.4 is 5.73 Å². The van der Waals surface area contributed by atoms with E-state index in [2.05, 4.69) is 43.5 Å². The number of fused-ring (bicyclic) bond motifs is 1. The number of unbranched alkanes of at least 4 members (excludes halogenated alkanes) is 1. The van der Waals surface area contributed by atoms with Crippen LogP contribution in [0.2, 0.25) is 0 Å². The molecule has 0 bridgehead atoms. The second-order valence-corrected chi connectivity index (χ2v) is 6.51. The third-order valence-corrected chi connectivity index (χ3v) is 5.38. The third-order valence-electron chi connectivity index (χ3n) is 4.37. The molecule has 0 radical (unpaired) electrons. The van der Waals surface area contributed by atoms with E-state index in [1.54, 1.807) is 0 Å². The molecule has 104 valence electrons. The predicted molar refractivity (Wildman–Crippen MR) is 86.8 cm³/mol. The molecule has 1 unspecified atom stereocenters. The van der Waals surface area contributed by atoms with Crippen molar-refractivity contribution in [2.45, 2.75) is 46.0 Å². The Morgan fingerprint density at radius 3 is 2.68 bits per heavy atom. The van der Waals surface area contributed by atoms with E-state index in [9.17, 15) is 0 Å². The Hall–Kier alpha value is -0.860. The summed E-state index contributed by atoms with van der Waals surface area (Å²) >= 11 is 1.86. The largest absolute Gasteiger partial charge is 0.330 e. The van der Waals surface area contributed by atoms with Crippen LogP contribution in [-0.2, 0) is 6.42 Å². The van der Waals surface area contributed by atoms with Crippen molar-refractivity contribution in [3.63, 3.8) is 0 Å². The molecule has 0 spiro atoms. The smallest absolute Gasteiger partial charge is 0.0345 e. The zero-order valence-corrected chi connectivity index (χ0v) is 12.9. The lowest BCUT2D eigenvalue weighted by Gasteiger charge is -2.31. The Bertz CT molecular complexity index is 511. The molecular formula is C17H25NS. The normalized spacial score (nSPS) is 14.7. The lowest BCUT2D eigenvalue weighted by atomic mass is 9.75. The van der Waals surface area contributed by atoms with Crippen LogP contribution >= 0.6 is 11.3 Å². The summed E-state index contributed by atoms with van der Waals surface area (Å²) in [6.07, 6.45) is 6.09. The molecule has 0 saturated heterocycles. The van der Waals surface area contributed by atoms with E-state index < -0.39 is 0 Å². The van der Waals surface area contributed by atoms with Gasteiger partial charge in [0, 0.05) is 4.70 Å². The van der Waals surface area contributed by atoms with Crippen molar-refractivity contribution in [3.05, 3.63) is 35.2 Å². The van der Waals surface area contributed by atoms with Gasteiger partial charge in [0.25, 0.3) is 0 Å². The molecular weight excluding hydrogens is 250 g/mol. The van der Waals surface area contributed by atoms with Gasteiger partial charge in [-0.2, -0.15) is 0 Å². The summed E-state index contributed by atoms with van der Waals surface area (Å²) in [4.78, 5) is 0. The van der Waals surface area contributed by atoms with Gasteiger partial charge >= 0.3 is 0 Å². The minimum atomic E-state index is 0.292. The highest BCUT2D eigenvalue weighted by Gasteiger charge is 2.27. The number of hydrogen-bond donors (Lipinski definition) is 1. The Kier molecular flexibility index (Phi) is 5.00. The summed E-state index contributed by atoms with van der Waals surface area (Å²) in [6.45, 7) is 5.35. The molecule has 0 amide bonds. The summed E-state index contributed by atoms with van der Waals surface area (Å²) in [7, 11) is 0. The molecule has 0 aliphatic heterocycles. The van der Waals surface area contributed by atoms with Gasteiger partial charge in [-0.15, -0.1) is 11.3 Å². The van der Waals surface area contributed by atoms with Gasteiger partial charge in [0.15, 0.2) is 0 Å². The maximum Gasteiger partial charge on any atom is 0.0345 e. The lowest BCUT2D eigenvalue weighted by Crippen LogP contribution is -2.32. The quantitative estimate of drug-likeness (QED) is 0.757. The maximum absolute atomic E-state index is 6.12. The molecule has 19 heavy (non-hydrogen) atoms. The van der Waals surface area contributed by atoms with Crippen molar-refractivity contribution in [2.24, 2.45) is 11.1 Å². The number of thiophene rings is 1. The molecule has 0 aliphatic rings. The second-order valence-electron chi connectivity index (χ2n) is 5.60. The van der Waals surface area contributed by atoms with E-state index in [1.165, 1.54) is 41.3 Å². The Morgan fingerprint density at radius 2 is 2.00 bits per heavy atom. The van der Waals surface area contributed by atoms with E-state index in [4.69, 9.17) is 5.73 Å². The highest BCUT2D eigenvalue weighted by atomic mass is 32.1. The highest BCUT2D eigenvalue weighted by molar-refractivity contribution is 7.17. The van der Waals surface area contributed by atoms with Gasteiger partial charge in [-0.05, 0) is 53.6 Å². The first-order chi connectivity index (χ1) is 9.24. The van der Waals surface area contributed by atoms with Crippen LogP contribution in [0.4, 0.5) is 0 Å². The first kappa shape index (κ1) is 14.5. The van der Waals surface area contributed by atoms with Crippen molar-refractivity contribution < 1.29 is 0 Å². The molecule has 1 nitrogen and oxygen atoms in total. The van der Waals surface area contributed by atoms with Crippen LogP contribution in [-0.4, -0.2) is 6.54 Å². The molecule has 1 atom stereocenters. The summed E-state index contributed by atoms with van der Waals surface area (Å²) in [5, 5.41) is 3.76. The minimum absolute atomic E-state index is 0.292. The lowest BCUT2D eigenvalue weighted by molar-refractivity contribution is 0.252. The zero-order valence-electron chi connectivity index (χ0n) is 12.1. The maximum atomic E-state index is 6.12. The summed E-state index contributed by atoms with van der Waals surface area (Å²) in [5.74, 6) is 0. The summed E-state index contributed by atoms with van der Waals surface area (Å²) < 4.78 is 1.40. The molecule has 2 rings (SSSR count).